The average molecular weight is 381 g/mol. The summed E-state index contributed by atoms with van der Waals surface area (Å²) in [5.74, 6) is 1.84. The van der Waals surface area contributed by atoms with Gasteiger partial charge in [-0.1, -0.05) is 41.6 Å². The smallest absolute Gasteiger partial charge is 0.191 e. The van der Waals surface area contributed by atoms with Crippen LogP contribution in [0, 0.1) is 6.92 Å². The summed E-state index contributed by atoms with van der Waals surface area (Å²) in [7, 11) is 0. The maximum Gasteiger partial charge on any atom is 0.191 e. The largest absolute Gasteiger partial charge is 0.372 e. The predicted molar refractivity (Wildman–Crippen MR) is 115 cm³/mol. The van der Waals surface area contributed by atoms with Crippen molar-refractivity contribution in [2.24, 2.45) is 0 Å². The Kier molecular flexibility index (Phi) is 6.56. The number of hydrogen-bond donors (Lipinski definition) is 0. The monoisotopic (exact) mass is 380 g/mol. The van der Waals surface area contributed by atoms with Crippen LogP contribution in [0.3, 0.4) is 0 Å². The minimum Gasteiger partial charge on any atom is -0.372 e. The second-order valence-corrected chi connectivity index (χ2v) is 7.49. The summed E-state index contributed by atoms with van der Waals surface area (Å²) in [5, 5.41) is 9.90. The second-order valence-electron chi connectivity index (χ2n) is 6.54. The van der Waals surface area contributed by atoms with Crippen LogP contribution in [0.5, 0.6) is 0 Å². The van der Waals surface area contributed by atoms with Gasteiger partial charge in [-0.15, -0.1) is 10.2 Å². The third-order valence-electron chi connectivity index (χ3n) is 4.78. The molecule has 0 amide bonds. The van der Waals surface area contributed by atoms with Gasteiger partial charge in [0.25, 0.3) is 0 Å². The standard InChI is InChI=1S/C22H28N4S/c1-5-25(6-2)20-14-12-19(13-15-20)21-23-24-22(26(21)7-3)27-16-18-10-8-17(4)9-11-18/h8-15H,5-7,16H2,1-4H3. The summed E-state index contributed by atoms with van der Waals surface area (Å²) in [6.45, 7) is 11.5. The zero-order valence-corrected chi connectivity index (χ0v) is 17.5. The molecule has 142 valence electrons. The molecule has 0 aliphatic heterocycles. The van der Waals surface area contributed by atoms with Crippen LogP contribution in [0.25, 0.3) is 11.4 Å². The number of aryl methyl sites for hydroxylation is 1. The van der Waals surface area contributed by atoms with Crippen molar-refractivity contribution in [3.05, 3.63) is 59.7 Å². The molecule has 1 aromatic heterocycles. The van der Waals surface area contributed by atoms with Crippen molar-refractivity contribution in [3.8, 4) is 11.4 Å². The third kappa shape index (κ3) is 4.53. The lowest BCUT2D eigenvalue weighted by molar-refractivity contribution is 0.687. The number of benzene rings is 2. The SMILES string of the molecule is CCN(CC)c1ccc(-c2nnc(SCc3ccc(C)cc3)n2CC)cc1. The number of aromatic nitrogens is 3. The maximum atomic E-state index is 4.48. The molecule has 0 N–H and O–H groups in total. The lowest BCUT2D eigenvalue weighted by atomic mass is 10.2. The van der Waals surface area contributed by atoms with Crippen molar-refractivity contribution in [1.29, 1.82) is 0 Å². The molecule has 27 heavy (non-hydrogen) atoms. The van der Waals surface area contributed by atoms with E-state index < -0.39 is 0 Å². The summed E-state index contributed by atoms with van der Waals surface area (Å²) in [4.78, 5) is 2.34. The summed E-state index contributed by atoms with van der Waals surface area (Å²) in [6.07, 6.45) is 0. The number of rotatable bonds is 8. The summed E-state index contributed by atoms with van der Waals surface area (Å²) < 4.78 is 2.20. The first-order valence-corrected chi connectivity index (χ1v) is 10.6. The minimum atomic E-state index is 0.858. The van der Waals surface area contributed by atoms with E-state index in [0.29, 0.717) is 0 Å². The third-order valence-corrected chi connectivity index (χ3v) is 5.81. The van der Waals surface area contributed by atoms with E-state index in [1.165, 1.54) is 16.8 Å². The Bertz CT molecular complexity index is 849. The zero-order valence-electron chi connectivity index (χ0n) is 16.6. The van der Waals surface area contributed by atoms with Gasteiger partial charge in [0.05, 0.1) is 0 Å². The van der Waals surface area contributed by atoms with Gasteiger partial charge in [-0.2, -0.15) is 0 Å². The van der Waals surface area contributed by atoms with Crippen molar-refractivity contribution < 1.29 is 0 Å². The zero-order chi connectivity index (χ0) is 19.2. The van der Waals surface area contributed by atoms with E-state index >= 15 is 0 Å². The van der Waals surface area contributed by atoms with E-state index in [1.807, 2.05) is 0 Å². The maximum absolute atomic E-state index is 4.48. The number of hydrogen-bond acceptors (Lipinski definition) is 4. The molecule has 3 rings (SSSR count). The fraction of sp³-hybridized carbons (Fsp3) is 0.364. The molecule has 0 bridgehead atoms. The highest BCUT2D eigenvalue weighted by Gasteiger charge is 2.13. The molecular formula is C22H28N4S. The molecule has 0 saturated heterocycles. The normalized spacial score (nSPS) is 11.0. The molecule has 0 fully saturated rings. The molecule has 3 aromatic rings. The van der Waals surface area contributed by atoms with Crippen LogP contribution in [0.1, 0.15) is 31.9 Å². The van der Waals surface area contributed by atoms with Crippen LogP contribution in [0.2, 0.25) is 0 Å². The van der Waals surface area contributed by atoms with Gasteiger partial charge < -0.3 is 9.47 Å². The lowest BCUT2D eigenvalue weighted by Crippen LogP contribution is -2.21. The van der Waals surface area contributed by atoms with Crippen molar-refractivity contribution in [2.45, 2.75) is 45.1 Å². The molecule has 0 aliphatic rings. The molecule has 1 heterocycles. The topological polar surface area (TPSA) is 34.0 Å². The highest BCUT2D eigenvalue weighted by atomic mass is 32.2. The molecule has 4 nitrogen and oxygen atoms in total. The first-order valence-electron chi connectivity index (χ1n) is 9.63. The molecule has 5 heteroatoms. The Labute approximate surface area is 166 Å². The van der Waals surface area contributed by atoms with Crippen LogP contribution >= 0.6 is 11.8 Å². The molecule has 0 atom stereocenters. The van der Waals surface area contributed by atoms with E-state index in [9.17, 15) is 0 Å². The lowest BCUT2D eigenvalue weighted by Gasteiger charge is -2.21. The highest BCUT2D eigenvalue weighted by molar-refractivity contribution is 7.98. The van der Waals surface area contributed by atoms with E-state index in [4.69, 9.17) is 0 Å². The van der Waals surface area contributed by atoms with Crippen molar-refractivity contribution >= 4 is 17.4 Å². The molecule has 0 unspecified atom stereocenters. The first kappa shape index (κ1) is 19.5. The van der Waals surface area contributed by atoms with Gasteiger partial charge in [-0.3, -0.25) is 0 Å². The fourth-order valence-electron chi connectivity index (χ4n) is 3.14. The van der Waals surface area contributed by atoms with E-state index in [0.717, 1.165) is 41.9 Å². The summed E-state index contributed by atoms with van der Waals surface area (Å²) in [5.41, 5.74) is 4.96. The number of anilines is 1. The Morgan fingerprint density at radius 3 is 2.15 bits per heavy atom. The Balaban J connectivity index is 1.78. The van der Waals surface area contributed by atoms with Crippen LogP contribution in [0.4, 0.5) is 5.69 Å². The molecular weight excluding hydrogens is 352 g/mol. The Morgan fingerprint density at radius 2 is 1.56 bits per heavy atom. The Hall–Kier alpha value is -2.27. The van der Waals surface area contributed by atoms with Crippen LogP contribution < -0.4 is 4.90 Å². The van der Waals surface area contributed by atoms with Gasteiger partial charge >= 0.3 is 0 Å². The quantitative estimate of drug-likeness (QED) is 0.489. The summed E-state index contributed by atoms with van der Waals surface area (Å²) >= 11 is 1.74. The number of nitrogens with zero attached hydrogens (tertiary/aromatic N) is 4. The van der Waals surface area contributed by atoms with E-state index in [-0.39, 0.29) is 0 Å². The van der Waals surface area contributed by atoms with Crippen molar-refractivity contribution in [3.63, 3.8) is 0 Å². The van der Waals surface area contributed by atoms with Crippen LogP contribution in [0.15, 0.2) is 53.7 Å². The summed E-state index contributed by atoms with van der Waals surface area (Å²) in [6, 6.07) is 17.3. The van der Waals surface area contributed by atoms with Gasteiger partial charge in [0, 0.05) is 36.6 Å². The average Bonchev–Trinajstić information content (AvgIpc) is 3.12. The van der Waals surface area contributed by atoms with Crippen molar-refractivity contribution in [1.82, 2.24) is 14.8 Å². The van der Waals surface area contributed by atoms with Crippen LogP contribution in [-0.2, 0) is 12.3 Å². The number of thioether (sulfide) groups is 1. The highest BCUT2D eigenvalue weighted by Crippen LogP contribution is 2.27. The predicted octanol–water partition coefficient (Wildman–Crippen LogP) is 5.41. The molecule has 0 radical (unpaired) electrons. The first-order chi connectivity index (χ1) is 13.2. The molecule has 0 aliphatic carbocycles. The van der Waals surface area contributed by atoms with Gasteiger partial charge in [0.2, 0.25) is 0 Å². The molecule has 2 aromatic carbocycles. The Morgan fingerprint density at radius 1 is 0.889 bits per heavy atom. The van der Waals surface area contributed by atoms with E-state index in [1.54, 1.807) is 11.8 Å². The van der Waals surface area contributed by atoms with Gasteiger partial charge in [-0.25, -0.2) is 0 Å². The second kappa shape index (κ2) is 9.09. The fourth-order valence-corrected chi connectivity index (χ4v) is 4.09. The minimum absolute atomic E-state index is 0.858. The van der Waals surface area contributed by atoms with Crippen LogP contribution in [-0.4, -0.2) is 27.9 Å². The van der Waals surface area contributed by atoms with Gasteiger partial charge in [0.15, 0.2) is 11.0 Å². The molecule has 0 saturated carbocycles. The van der Waals surface area contributed by atoms with Gasteiger partial charge in [0.1, 0.15) is 0 Å². The van der Waals surface area contributed by atoms with E-state index in [2.05, 4.69) is 95.9 Å². The van der Waals surface area contributed by atoms with Crippen molar-refractivity contribution in [2.75, 3.05) is 18.0 Å². The van der Waals surface area contributed by atoms with Gasteiger partial charge in [-0.05, 0) is 57.5 Å². The molecule has 0 spiro atoms.